The summed E-state index contributed by atoms with van der Waals surface area (Å²) in [5, 5.41) is 12.2. The lowest BCUT2D eigenvalue weighted by Gasteiger charge is -2.36. The Hall–Kier alpha value is -1.35. The summed E-state index contributed by atoms with van der Waals surface area (Å²) in [7, 11) is 0. The van der Waals surface area contributed by atoms with E-state index in [1.54, 1.807) is 0 Å². The van der Waals surface area contributed by atoms with Crippen LogP contribution in [-0.4, -0.2) is 29.6 Å². The third-order valence-corrected chi connectivity index (χ3v) is 4.91. The third kappa shape index (κ3) is 4.35. The smallest absolute Gasteiger partial charge is 0.106 e. The summed E-state index contributed by atoms with van der Waals surface area (Å²) in [4.78, 5) is 2.40. The number of halogens is 1. The Kier molecular flexibility index (Phi) is 5.37. The van der Waals surface area contributed by atoms with Crippen molar-refractivity contribution in [3.05, 3.63) is 70.7 Å². The maximum absolute atomic E-state index is 11.5. The van der Waals surface area contributed by atoms with Crippen molar-refractivity contribution in [1.82, 2.24) is 4.90 Å². The van der Waals surface area contributed by atoms with Gasteiger partial charge in [-0.05, 0) is 49.2 Å². The normalized spacial score (nSPS) is 18.5. The van der Waals surface area contributed by atoms with Gasteiger partial charge in [0.1, 0.15) is 5.60 Å². The molecular formula is C20H24ClNO. The topological polar surface area (TPSA) is 23.5 Å². The number of β-amino-alcohol motifs (C(OH)–C–C–N with tert-alkyl or cyclic N) is 1. The van der Waals surface area contributed by atoms with Crippen molar-refractivity contribution in [1.29, 1.82) is 0 Å². The maximum Gasteiger partial charge on any atom is 0.106 e. The van der Waals surface area contributed by atoms with E-state index in [0.29, 0.717) is 13.0 Å². The number of hydrogen-bond acceptors (Lipinski definition) is 2. The summed E-state index contributed by atoms with van der Waals surface area (Å²) in [5.41, 5.74) is 1.23. The van der Waals surface area contributed by atoms with Crippen LogP contribution in [0.5, 0.6) is 0 Å². The van der Waals surface area contributed by atoms with Crippen LogP contribution >= 0.6 is 11.6 Å². The second-order valence-corrected chi connectivity index (χ2v) is 6.97. The number of benzene rings is 2. The molecule has 3 rings (SSSR count). The largest absolute Gasteiger partial charge is 0.383 e. The molecule has 0 bridgehead atoms. The van der Waals surface area contributed by atoms with Gasteiger partial charge in [-0.25, -0.2) is 0 Å². The standard InChI is InChI=1S/C20H24ClNO/c21-19-11-9-17(10-12-19)15-20(23,18-7-3-1-4-8-18)16-22-13-5-2-6-14-22/h1,3-4,7-12,23H,2,5-6,13-16H2. The Bertz CT molecular complexity index is 607. The maximum atomic E-state index is 11.5. The van der Waals surface area contributed by atoms with Crippen molar-refractivity contribution < 1.29 is 5.11 Å². The highest BCUT2D eigenvalue weighted by Gasteiger charge is 2.32. The highest BCUT2D eigenvalue weighted by Crippen LogP contribution is 2.28. The van der Waals surface area contributed by atoms with Crippen LogP contribution in [0.1, 0.15) is 30.4 Å². The van der Waals surface area contributed by atoms with E-state index in [0.717, 1.165) is 29.2 Å². The van der Waals surface area contributed by atoms with E-state index in [9.17, 15) is 5.11 Å². The number of piperidine rings is 1. The molecule has 0 amide bonds. The van der Waals surface area contributed by atoms with Crippen molar-refractivity contribution in [2.45, 2.75) is 31.3 Å². The summed E-state index contributed by atoms with van der Waals surface area (Å²) in [6.07, 6.45) is 4.36. The van der Waals surface area contributed by atoms with Gasteiger partial charge >= 0.3 is 0 Å². The van der Waals surface area contributed by atoms with Gasteiger partial charge in [-0.15, -0.1) is 0 Å². The molecule has 1 heterocycles. The molecule has 1 atom stereocenters. The predicted molar refractivity (Wildman–Crippen MR) is 95.8 cm³/mol. The molecule has 122 valence electrons. The Morgan fingerprint density at radius 3 is 2.22 bits per heavy atom. The van der Waals surface area contributed by atoms with Crippen molar-refractivity contribution in [2.75, 3.05) is 19.6 Å². The van der Waals surface area contributed by atoms with Gasteiger partial charge in [0, 0.05) is 18.0 Å². The predicted octanol–water partition coefficient (Wildman–Crippen LogP) is 4.26. The molecule has 0 aromatic heterocycles. The van der Waals surface area contributed by atoms with Crippen LogP contribution in [-0.2, 0) is 12.0 Å². The molecule has 1 aliphatic rings. The number of hydrogen-bond donors (Lipinski definition) is 1. The van der Waals surface area contributed by atoms with Crippen molar-refractivity contribution in [2.24, 2.45) is 0 Å². The fourth-order valence-corrected chi connectivity index (χ4v) is 3.55. The number of aliphatic hydroxyl groups is 1. The summed E-state index contributed by atoms with van der Waals surface area (Å²) in [6.45, 7) is 2.84. The average molecular weight is 330 g/mol. The fourth-order valence-electron chi connectivity index (χ4n) is 3.43. The van der Waals surface area contributed by atoms with Crippen LogP contribution in [0.15, 0.2) is 54.6 Å². The molecule has 3 heteroatoms. The molecule has 0 radical (unpaired) electrons. The average Bonchev–Trinajstić information content (AvgIpc) is 2.59. The lowest BCUT2D eigenvalue weighted by Crippen LogP contribution is -2.44. The minimum absolute atomic E-state index is 0.602. The molecule has 2 aromatic rings. The van der Waals surface area contributed by atoms with Gasteiger partial charge in [0.25, 0.3) is 0 Å². The molecule has 23 heavy (non-hydrogen) atoms. The zero-order valence-corrected chi connectivity index (χ0v) is 14.2. The van der Waals surface area contributed by atoms with Crippen LogP contribution in [0.2, 0.25) is 5.02 Å². The van der Waals surface area contributed by atoms with E-state index in [1.165, 1.54) is 19.3 Å². The van der Waals surface area contributed by atoms with E-state index in [1.807, 2.05) is 54.6 Å². The molecule has 1 saturated heterocycles. The molecule has 1 aliphatic heterocycles. The quantitative estimate of drug-likeness (QED) is 0.886. The van der Waals surface area contributed by atoms with Gasteiger partial charge in [-0.1, -0.05) is 60.5 Å². The number of rotatable bonds is 5. The van der Waals surface area contributed by atoms with E-state index in [-0.39, 0.29) is 0 Å². The number of nitrogens with zero attached hydrogens (tertiary/aromatic N) is 1. The van der Waals surface area contributed by atoms with Crippen LogP contribution in [0.4, 0.5) is 0 Å². The first kappa shape index (κ1) is 16.5. The SMILES string of the molecule is OC(Cc1ccc(Cl)cc1)(CN1CCCCC1)c1ccccc1. The van der Waals surface area contributed by atoms with Crippen molar-refractivity contribution in [3.8, 4) is 0 Å². The van der Waals surface area contributed by atoms with E-state index in [4.69, 9.17) is 11.6 Å². The van der Waals surface area contributed by atoms with Gasteiger partial charge in [-0.2, -0.15) is 0 Å². The second-order valence-electron chi connectivity index (χ2n) is 6.54. The zero-order valence-electron chi connectivity index (χ0n) is 13.4. The first-order valence-electron chi connectivity index (χ1n) is 8.40. The van der Waals surface area contributed by atoms with Gasteiger partial charge < -0.3 is 10.0 Å². The lowest BCUT2D eigenvalue weighted by molar-refractivity contribution is -0.00568. The lowest BCUT2D eigenvalue weighted by atomic mass is 9.86. The molecule has 1 N–H and O–H groups in total. The molecule has 0 spiro atoms. The minimum Gasteiger partial charge on any atom is -0.383 e. The van der Waals surface area contributed by atoms with Crippen LogP contribution in [0.25, 0.3) is 0 Å². The summed E-state index contributed by atoms with van der Waals surface area (Å²) >= 11 is 5.98. The summed E-state index contributed by atoms with van der Waals surface area (Å²) < 4.78 is 0. The van der Waals surface area contributed by atoms with E-state index < -0.39 is 5.60 Å². The molecule has 2 aromatic carbocycles. The fraction of sp³-hybridized carbons (Fsp3) is 0.400. The van der Waals surface area contributed by atoms with Crippen LogP contribution < -0.4 is 0 Å². The second kappa shape index (κ2) is 7.48. The highest BCUT2D eigenvalue weighted by molar-refractivity contribution is 6.30. The first-order chi connectivity index (χ1) is 11.2. The van der Waals surface area contributed by atoms with Gasteiger partial charge in [0.15, 0.2) is 0 Å². The summed E-state index contributed by atoms with van der Waals surface area (Å²) in [6, 6.07) is 17.8. The van der Waals surface area contributed by atoms with Gasteiger partial charge in [-0.3, -0.25) is 0 Å². The third-order valence-electron chi connectivity index (χ3n) is 4.65. The minimum atomic E-state index is -0.869. The Balaban J connectivity index is 1.84. The molecule has 1 unspecified atom stereocenters. The highest BCUT2D eigenvalue weighted by atomic mass is 35.5. The van der Waals surface area contributed by atoms with Gasteiger partial charge in [0.2, 0.25) is 0 Å². The molecule has 2 nitrogen and oxygen atoms in total. The van der Waals surface area contributed by atoms with E-state index >= 15 is 0 Å². The van der Waals surface area contributed by atoms with Crippen LogP contribution in [0.3, 0.4) is 0 Å². The van der Waals surface area contributed by atoms with Crippen molar-refractivity contribution >= 4 is 11.6 Å². The zero-order chi connectivity index (χ0) is 16.1. The van der Waals surface area contributed by atoms with Gasteiger partial charge in [0.05, 0.1) is 0 Å². The molecule has 0 saturated carbocycles. The first-order valence-corrected chi connectivity index (χ1v) is 8.78. The Morgan fingerprint density at radius 1 is 0.913 bits per heavy atom. The molecular weight excluding hydrogens is 306 g/mol. The molecule has 0 aliphatic carbocycles. The Morgan fingerprint density at radius 2 is 1.57 bits per heavy atom. The molecule has 1 fully saturated rings. The Labute approximate surface area is 143 Å². The monoisotopic (exact) mass is 329 g/mol. The summed E-state index contributed by atoms with van der Waals surface area (Å²) in [5.74, 6) is 0. The van der Waals surface area contributed by atoms with Crippen LogP contribution in [0, 0.1) is 0 Å². The number of likely N-dealkylation sites (tertiary alicyclic amines) is 1. The van der Waals surface area contributed by atoms with E-state index in [2.05, 4.69) is 4.90 Å². The van der Waals surface area contributed by atoms with Crippen molar-refractivity contribution in [3.63, 3.8) is 0 Å².